The first-order valence-corrected chi connectivity index (χ1v) is 12.6. The maximum Gasteiger partial charge on any atom is 0.343 e. The number of nitro groups is 1. The summed E-state index contributed by atoms with van der Waals surface area (Å²) in [6.07, 6.45) is 4.64. The van der Waals surface area contributed by atoms with E-state index in [1.165, 1.54) is 36.2 Å². The van der Waals surface area contributed by atoms with Crippen LogP contribution in [0.25, 0.3) is 0 Å². The van der Waals surface area contributed by atoms with Crippen molar-refractivity contribution in [2.75, 3.05) is 30.9 Å². The summed E-state index contributed by atoms with van der Waals surface area (Å²) in [5.41, 5.74) is -0.286. The average molecular weight is 482 g/mol. The second-order valence-electron chi connectivity index (χ2n) is 6.88. The number of nitro benzene ring substituents is 1. The molecule has 11 nitrogen and oxygen atoms in total. The molecule has 0 saturated carbocycles. The molecule has 1 aromatic heterocycles. The minimum Gasteiger partial charge on any atom is -0.462 e. The molecule has 1 saturated heterocycles. The third-order valence-electron chi connectivity index (χ3n) is 4.93. The van der Waals surface area contributed by atoms with E-state index in [0.29, 0.717) is 23.9 Å². The second kappa shape index (κ2) is 10.2. The van der Waals surface area contributed by atoms with Crippen LogP contribution in [0.5, 0.6) is 0 Å². The fourth-order valence-corrected chi connectivity index (χ4v) is 5.05. The fraction of sp³-hybridized carbons (Fsp3) is 0.421. The van der Waals surface area contributed by atoms with Crippen LogP contribution in [-0.2, 0) is 14.8 Å². The summed E-state index contributed by atoms with van der Waals surface area (Å²) >= 11 is 1.32. The van der Waals surface area contributed by atoms with E-state index in [-0.39, 0.29) is 24.8 Å². The summed E-state index contributed by atoms with van der Waals surface area (Å²) in [6.45, 7) is 2.46. The molecule has 0 bridgehead atoms. The second-order valence-corrected chi connectivity index (χ2v) is 9.39. The first-order valence-electron chi connectivity index (χ1n) is 9.86. The summed E-state index contributed by atoms with van der Waals surface area (Å²) in [4.78, 5) is 33.0. The number of esters is 1. The van der Waals surface area contributed by atoms with Crippen molar-refractivity contribution in [3.8, 4) is 0 Å². The van der Waals surface area contributed by atoms with Gasteiger partial charge in [0.25, 0.3) is 5.69 Å². The van der Waals surface area contributed by atoms with Gasteiger partial charge in [0.05, 0.1) is 11.5 Å². The molecule has 1 atom stereocenters. The number of nitrogens with one attached hydrogen (secondary N) is 1. The number of carbonyl (C=O) groups excluding carboxylic acids is 1. The molecule has 1 fully saturated rings. The Bertz CT molecular complexity index is 1110. The monoisotopic (exact) mass is 481 g/mol. The van der Waals surface area contributed by atoms with Gasteiger partial charge in [-0.25, -0.2) is 27.9 Å². The number of aromatic nitrogens is 2. The predicted octanol–water partition coefficient (Wildman–Crippen LogP) is 2.23. The van der Waals surface area contributed by atoms with E-state index in [4.69, 9.17) is 4.74 Å². The first kappa shape index (κ1) is 23.9. The number of rotatable bonds is 9. The number of anilines is 1. The predicted molar refractivity (Wildman–Crippen MR) is 118 cm³/mol. The van der Waals surface area contributed by atoms with Gasteiger partial charge in [0.15, 0.2) is 10.1 Å². The van der Waals surface area contributed by atoms with E-state index < -0.39 is 31.5 Å². The number of sulfonamides is 1. The van der Waals surface area contributed by atoms with Crippen molar-refractivity contribution in [1.29, 1.82) is 0 Å². The molecule has 0 radical (unpaired) electrons. The van der Waals surface area contributed by atoms with Gasteiger partial charge in [-0.2, -0.15) is 0 Å². The van der Waals surface area contributed by atoms with E-state index in [9.17, 15) is 23.3 Å². The van der Waals surface area contributed by atoms with Gasteiger partial charge in [0.1, 0.15) is 11.4 Å². The lowest BCUT2D eigenvalue weighted by Gasteiger charge is -2.27. The number of ether oxygens (including phenoxy) is 1. The van der Waals surface area contributed by atoms with Crippen molar-refractivity contribution in [3.05, 3.63) is 46.1 Å². The zero-order chi connectivity index (χ0) is 23.3. The van der Waals surface area contributed by atoms with Crippen LogP contribution in [0.4, 0.5) is 11.5 Å². The van der Waals surface area contributed by atoms with Gasteiger partial charge in [0, 0.05) is 31.4 Å². The Hall–Kier alpha value is -2.77. The summed E-state index contributed by atoms with van der Waals surface area (Å²) in [5, 5.41) is 11.7. The first-order chi connectivity index (χ1) is 15.3. The Morgan fingerprint density at radius 3 is 2.84 bits per heavy atom. The van der Waals surface area contributed by atoms with Crippen molar-refractivity contribution < 1.29 is 22.9 Å². The fourth-order valence-electron chi connectivity index (χ4n) is 3.47. The van der Waals surface area contributed by atoms with Crippen molar-refractivity contribution in [2.45, 2.75) is 35.9 Å². The minimum absolute atomic E-state index is 0.00471. The highest BCUT2D eigenvalue weighted by Crippen LogP contribution is 2.29. The molecule has 1 N–H and O–H groups in total. The molecule has 2 heterocycles. The van der Waals surface area contributed by atoms with Crippen LogP contribution in [0.2, 0.25) is 0 Å². The average Bonchev–Trinajstić information content (AvgIpc) is 3.26. The van der Waals surface area contributed by atoms with Crippen molar-refractivity contribution in [1.82, 2.24) is 14.7 Å². The summed E-state index contributed by atoms with van der Waals surface area (Å²) in [6, 6.07) is 4.88. The van der Waals surface area contributed by atoms with Crippen LogP contribution in [0.3, 0.4) is 0 Å². The Morgan fingerprint density at radius 2 is 2.16 bits per heavy atom. The molecule has 0 aliphatic carbocycles. The lowest BCUT2D eigenvalue weighted by Crippen LogP contribution is -2.41. The van der Waals surface area contributed by atoms with E-state index in [1.54, 1.807) is 6.92 Å². The summed E-state index contributed by atoms with van der Waals surface area (Å²) in [5.74, 6) is -0.170. The maximum absolute atomic E-state index is 12.8. The lowest BCUT2D eigenvalue weighted by molar-refractivity contribution is -0.387. The van der Waals surface area contributed by atoms with Crippen molar-refractivity contribution in [3.63, 3.8) is 0 Å². The Kier molecular flexibility index (Phi) is 7.64. The molecular formula is C19H23N5O6S2. The molecule has 0 spiro atoms. The highest BCUT2D eigenvalue weighted by Gasteiger charge is 2.32. The number of hydrogen-bond donors (Lipinski definition) is 1. The molecule has 1 aliphatic rings. The SMILES string of the molecule is CCOC(=O)c1cnc(SC)nc1N1CCC[C@H]1CNS(=O)(=O)c1ccccc1[N+](=O)[O-]. The molecule has 2 aromatic rings. The van der Waals surface area contributed by atoms with Crippen LogP contribution in [0.1, 0.15) is 30.1 Å². The van der Waals surface area contributed by atoms with Gasteiger partial charge in [-0.3, -0.25) is 10.1 Å². The van der Waals surface area contributed by atoms with Crippen molar-refractivity contribution in [2.24, 2.45) is 0 Å². The molecule has 13 heteroatoms. The Labute approximate surface area is 189 Å². The third-order valence-corrected chi connectivity index (χ3v) is 6.97. The van der Waals surface area contributed by atoms with Gasteiger partial charge in [-0.05, 0) is 32.1 Å². The molecule has 3 rings (SSSR count). The Morgan fingerprint density at radius 1 is 1.41 bits per heavy atom. The quantitative estimate of drug-likeness (QED) is 0.186. The van der Waals surface area contributed by atoms with Crippen molar-refractivity contribution >= 4 is 39.3 Å². The standard InChI is InChI=1S/C19H23N5O6S2/c1-3-30-18(25)14-12-20-19(31-2)22-17(14)23-10-6-7-13(23)11-21-32(28,29)16-9-5-4-8-15(16)24(26)27/h4-5,8-9,12-13,21H,3,6-7,10-11H2,1-2H3/t13-/m0/s1. The van der Waals surface area contributed by atoms with Gasteiger partial charge >= 0.3 is 5.97 Å². The van der Waals surface area contributed by atoms with Crippen LogP contribution in [0, 0.1) is 10.1 Å². The van der Waals surface area contributed by atoms with Crippen LogP contribution in [0.15, 0.2) is 40.5 Å². The molecule has 1 aliphatic heterocycles. The summed E-state index contributed by atoms with van der Waals surface area (Å²) < 4.78 is 33.2. The van der Waals surface area contributed by atoms with Gasteiger partial charge in [0.2, 0.25) is 10.0 Å². The number of benzene rings is 1. The smallest absolute Gasteiger partial charge is 0.343 e. The van der Waals surface area contributed by atoms with E-state index in [2.05, 4.69) is 14.7 Å². The Balaban J connectivity index is 1.86. The summed E-state index contributed by atoms with van der Waals surface area (Å²) in [7, 11) is -4.12. The largest absolute Gasteiger partial charge is 0.462 e. The topological polar surface area (TPSA) is 145 Å². The zero-order valence-electron chi connectivity index (χ0n) is 17.6. The van der Waals surface area contributed by atoms with Crippen LogP contribution < -0.4 is 9.62 Å². The number of nitrogens with zero attached hydrogens (tertiary/aromatic N) is 4. The minimum atomic E-state index is -4.12. The highest BCUT2D eigenvalue weighted by atomic mass is 32.2. The third kappa shape index (κ3) is 5.16. The molecule has 32 heavy (non-hydrogen) atoms. The molecule has 172 valence electrons. The highest BCUT2D eigenvalue weighted by molar-refractivity contribution is 7.98. The molecule has 0 amide bonds. The van der Waals surface area contributed by atoms with Crippen LogP contribution >= 0.6 is 11.8 Å². The van der Waals surface area contributed by atoms with Crippen LogP contribution in [-0.4, -0.2) is 61.3 Å². The van der Waals surface area contributed by atoms with E-state index >= 15 is 0 Å². The van der Waals surface area contributed by atoms with Gasteiger partial charge in [-0.1, -0.05) is 23.9 Å². The lowest BCUT2D eigenvalue weighted by atomic mass is 10.2. The maximum atomic E-state index is 12.8. The van der Waals surface area contributed by atoms with E-state index in [1.807, 2.05) is 11.2 Å². The number of para-hydroxylation sites is 1. The van der Waals surface area contributed by atoms with Gasteiger partial charge < -0.3 is 9.64 Å². The number of hydrogen-bond acceptors (Lipinski definition) is 10. The van der Waals surface area contributed by atoms with Gasteiger partial charge in [-0.15, -0.1) is 0 Å². The zero-order valence-corrected chi connectivity index (χ0v) is 19.2. The molecule has 0 unspecified atom stereocenters. The molecule has 1 aromatic carbocycles. The number of thioether (sulfide) groups is 1. The molecular weight excluding hydrogens is 458 g/mol. The number of carbonyl (C=O) groups is 1. The van der Waals surface area contributed by atoms with E-state index in [0.717, 1.165) is 12.5 Å². The normalized spacial score (nSPS) is 16.2.